The molecular formula is C11H17Cl2STi. The SMILES string of the molecule is CC(SC(C)(C)C)C1=[C-]CC=C1.[Cl-].[Cl-].[Ti+3]. The van der Waals surface area contributed by atoms with Crippen LogP contribution in [0.1, 0.15) is 34.1 Å². The molecule has 0 bridgehead atoms. The topological polar surface area (TPSA) is 0 Å². The molecule has 0 aromatic heterocycles. The second-order valence-electron chi connectivity index (χ2n) is 4.11. The molecule has 15 heavy (non-hydrogen) atoms. The molecule has 0 saturated heterocycles. The molecule has 0 N–H and O–H groups in total. The molecule has 1 rings (SSSR count). The Kier molecular flexibility index (Phi) is 13.1. The van der Waals surface area contributed by atoms with Gasteiger partial charge in [-0.25, -0.2) is 11.6 Å². The Labute approximate surface area is 125 Å². The maximum absolute atomic E-state index is 3.36. The van der Waals surface area contributed by atoms with Crippen LogP contribution in [0.25, 0.3) is 0 Å². The molecule has 1 radical (unpaired) electrons. The van der Waals surface area contributed by atoms with Crippen LogP contribution in [0.3, 0.4) is 0 Å². The van der Waals surface area contributed by atoms with Crippen LogP contribution in [-0.2, 0) is 21.7 Å². The summed E-state index contributed by atoms with van der Waals surface area (Å²) >= 11 is 2.00. The van der Waals surface area contributed by atoms with E-state index in [9.17, 15) is 0 Å². The molecular weight excluding hydrogens is 283 g/mol. The standard InChI is InChI=1S/C11H17S.2ClH.Ti/c1-9(12-11(2,3)4)10-7-5-6-8-10;;;/h5,7,9H,6H2,1-4H3;2*1H;/q-1;;;+3/p-2. The largest absolute Gasteiger partial charge is 3.00 e. The summed E-state index contributed by atoms with van der Waals surface area (Å²) in [6.07, 6.45) is 8.74. The summed E-state index contributed by atoms with van der Waals surface area (Å²) in [6.45, 7) is 9.03. The Morgan fingerprint density at radius 3 is 2.20 bits per heavy atom. The van der Waals surface area contributed by atoms with Crippen molar-refractivity contribution < 1.29 is 46.5 Å². The number of hydrogen-bond donors (Lipinski definition) is 0. The van der Waals surface area contributed by atoms with Crippen molar-refractivity contribution in [2.24, 2.45) is 0 Å². The maximum Gasteiger partial charge on any atom is 3.00 e. The Morgan fingerprint density at radius 1 is 1.33 bits per heavy atom. The third kappa shape index (κ3) is 8.88. The van der Waals surface area contributed by atoms with Crippen LogP contribution in [0.5, 0.6) is 0 Å². The first kappa shape index (κ1) is 21.4. The van der Waals surface area contributed by atoms with Crippen molar-refractivity contribution in [2.45, 2.75) is 44.1 Å². The Bertz CT molecular complexity index is 219. The van der Waals surface area contributed by atoms with Gasteiger partial charge in [-0.3, -0.25) is 6.08 Å². The minimum absolute atomic E-state index is 0. The van der Waals surface area contributed by atoms with Crippen LogP contribution >= 0.6 is 11.8 Å². The molecule has 1 aliphatic carbocycles. The van der Waals surface area contributed by atoms with Crippen LogP contribution in [0.4, 0.5) is 0 Å². The third-order valence-electron chi connectivity index (χ3n) is 1.69. The molecule has 0 aromatic rings. The number of hydrogen-bond acceptors (Lipinski definition) is 1. The average Bonchev–Trinajstić information content (AvgIpc) is 2.32. The van der Waals surface area contributed by atoms with E-state index >= 15 is 0 Å². The normalized spacial score (nSPS) is 15.6. The van der Waals surface area contributed by atoms with E-state index in [0.29, 0.717) is 10.00 Å². The van der Waals surface area contributed by atoms with E-state index in [4.69, 9.17) is 0 Å². The Hall–Kier alpha value is 1.12. The van der Waals surface area contributed by atoms with E-state index in [0.717, 1.165) is 6.42 Å². The number of allylic oxidation sites excluding steroid dienone is 3. The van der Waals surface area contributed by atoms with Gasteiger partial charge in [0.1, 0.15) is 0 Å². The van der Waals surface area contributed by atoms with Gasteiger partial charge in [0.15, 0.2) is 0 Å². The van der Waals surface area contributed by atoms with E-state index in [1.807, 2.05) is 11.8 Å². The molecule has 0 aromatic carbocycles. The van der Waals surface area contributed by atoms with Crippen molar-refractivity contribution in [3.63, 3.8) is 0 Å². The van der Waals surface area contributed by atoms with Crippen molar-refractivity contribution >= 4 is 11.8 Å². The van der Waals surface area contributed by atoms with Gasteiger partial charge in [0.25, 0.3) is 0 Å². The molecule has 1 atom stereocenters. The van der Waals surface area contributed by atoms with Gasteiger partial charge in [0.2, 0.25) is 0 Å². The van der Waals surface area contributed by atoms with Gasteiger partial charge in [0.05, 0.1) is 0 Å². The van der Waals surface area contributed by atoms with Crippen molar-refractivity contribution in [2.75, 3.05) is 0 Å². The van der Waals surface area contributed by atoms with Gasteiger partial charge in [-0.15, -0.1) is 6.42 Å². The van der Waals surface area contributed by atoms with Gasteiger partial charge >= 0.3 is 21.7 Å². The second kappa shape index (κ2) is 9.19. The fraction of sp³-hybridized carbons (Fsp3) is 0.636. The van der Waals surface area contributed by atoms with Crippen LogP contribution in [0.15, 0.2) is 17.7 Å². The molecule has 4 heteroatoms. The van der Waals surface area contributed by atoms with E-state index < -0.39 is 0 Å². The summed E-state index contributed by atoms with van der Waals surface area (Å²) < 4.78 is 0.352. The van der Waals surface area contributed by atoms with Crippen molar-refractivity contribution in [1.82, 2.24) is 0 Å². The average molecular weight is 300 g/mol. The summed E-state index contributed by atoms with van der Waals surface area (Å²) in [7, 11) is 0. The van der Waals surface area contributed by atoms with E-state index in [2.05, 4.69) is 45.9 Å². The first-order valence-electron chi connectivity index (χ1n) is 4.44. The quantitative estimate of drug-likeness (QED) is 0.405. The predicted octanol–water partition coefficient (Wildman–Crippen LogP) is -2.40. The molecule has 0 aliphatic heterocycles. The summed E-state index contributed by atoms with van der Waals surface area (Å²) in [6, 6.07) is 0. The molecule has 85 valence electrons. The molecule has 0 amide bonds. The molecule has 0 heterocycles. The third-order valence-corrected chi connectivity index (χ3v) is 3.00. The van der Waals surface area contributed by atoms with E-state index in [1.54, 1.807) is 0 Å². The van der Waals surface area contributed by atoms with Gasteiger partial charge < -0.3 is 24.8 Å². The van der Waals surface area contributed by atoms with Crippen molar-refractivity contribution in [3.05, 3.63) is 23.8 Å². The van der Waals surface area contributed by atoms with Gasteiger partial charge in [0, 0.05) is 4.75 Å². The minimum atomic E-state index is 0. The van der Waals surface area contributed by atoms with Crippen LogP contribution in [0.2, 0.25) is 0 Å². The summed E-state index contributed by atoms with van der Waals surface area (Å²) in [5, 5.41) is 0.587. The van der Waals surface area contributed by atoms with Crippen LogP contribution in [-0.4, -0.2) is 10.00 Å². The van der Waals surface area contributed by atoms with Gasteiger partial charge in [-0.2, -0.15) is 17.8 Å². The number of halogens is 2. The van der Waals surface area contributed by atoms with Gasteiger partial charge in [-0.1, -0.05) is 27.7 Å². The fourth-order valence-corrected chi connectivity index (χ4v) is 2.64. The first-order valence-corrected chi connectivity index (χ1v) is 5.32. The molecule has 1 aliphatic rings. The maximum atomic E-state index is 3.36. The zero-order valence-corrected chi connectivity index (χ0v) is 13.5. The molecule has 0 saturated carbocycles. The first-order chi connectivity index (χ1) is 5.49. The molecule has 0 nitrogen and oxygen atoms in total. The predicted molar refractivity (Wildman–Crippen MR) is 57.3 cm³/mol. The fourth-order valence-electron chi connectivity index (χ4n) is 1.29. The monoisotopic (exact) mass is 299 g/mol. The minimum Gasteiger partial charge on any atom is -1.00 e. The Balaban J connectivity index is -0.000000480. The van der Waals surface area contributed by atoms with Crippen molar-refractivity contribution in [1.29, 1.82) is 0 Å². The number of rotatable bonds is 2. The van der Waals surface area contributed by atoms with Gasteiger partial charge in [-0.05, 0) is 5.25 Å². The smallest absolute Gasteiger partial charge is 1.00 e. The zero-order chi connectivity index (χ0) is 9.19. The number of thioether (sulfide) groups is 1. The van der Waals surface area contributed by atoms with E-state index in [-0.39, 0.29) is 46.5 Å². The van der Waals surface area contributed by atoms with Crippen LogP contribution in [0, 0.1) is 6.08 Å². The molecule has 1 unspecified atom stereocenters. The van der Waals surface area contributed by atoms with E-state index in [1.165, 1.54) is 5.57 Å². The second-order valence-corrected chi connectivity index (χ2v) is 6.28. The summed E-state index contributed by atoms with van der Waals surface area (Å²) in [5.74, 6) is 0. The summed E-state index contributed by atoms with van der Waals surface area (Å²) in [5.41, 5.74) is 1.37. The van der Waals surface area contributed by atoms with Crippen LogP contribution < -0.4 is 24.8 Å². The van der Waals surface area contributed by atoms with Crippen molar-refractivity contribution in [3.8, 4) is 0 Å². The molecule has 0 fully saturated rings. The Morgan fingerprint density at radius 2 is 1.87 bits per heavy atom. The summed E-state index contributed by atoms with van der Waals surface area (Å²) in [4.78, 5) is 0. The zero-order valence-electron chi connectivity index (χ0n) is 9.60. The molecule has 0 spiro atoms.